The van der Waals surface area contributed by atoms with Crippen molar-refractivity contribution in [3.8, 4) is 0 Å². The maximum absolute atomic E-state index is 6.36. The molecular formula is C26H30ClN5. The van der Waals surface area contributed by atoms with Gasteiger partial charge in [-0.15, -0.1) is 0 Å². The minimum atomic E-state index is 0.688. The van der Waals surface area contributed by atoms with Crippen LogP contribution >= 0.6 is 11.6 Å². The molecule has 0 unspecified atom stereocenters. The molecule has 1 fully saturated rings. The SMILES string of the molecule is CN1CCN(Cc2ccc(N3C=C(NCc4ccccc4Cl)c4cc[nH]c4C3)cc2)CC1. The highest BCUT2D eigenvalue weighted by atomic mass is 35.5. The molecule has 3 heterocycles. The van der Waals surface area contributed by atoms with Gasteiger partial charge in [-0.2, -0.15) is 0 Å². The zero-order valence-corrected chi connectivity index (χ0v) is 19.3. The Hall–Kier alpha value is -2.73. The lowest BCUT2D eigenvalue weighted by Crippen LogP contribution is -2.43. The topological polar surface area (TPSA) is 37.5 Å². The van der Waals surface area contributed by atoms with Crippen molar-refractivity contribution < 1.29 is 0 Å². The van der Waals surface area contributed by atoms with Crippen molar-refractivity contribution >= 4 is 23.0 Å². The Balaban J connectivity index is 1.29. The Bertz CT molecular complexity index is 1080. The Labute approximate surface area is 195 Å². The summed E-state index contributed by atoms with van der Waals surface area (Å²) < 4.78 is 0. The average molecular weight is 448 g/mol. The Morgan fingerprint density at radius 3 is 2.53 bits per heavy atom. The third-order valence-electron chi connectivity index (χ3n) is 6.43. The van der Waals surface area contributed by atoms with Gasteiger partial charge in [0, 0.05) is 73.6 Å². The number of benzene rings is 2. The van der Waals surface area contributed by atoms with Crippen LogP contribution in [0.4, 0.5) is 5.69 Å². The molecule has 0 saturated carbocycles. The first-order chi connectivity index (χ1) is 15.7. The lowest BCUT2D eigenvalue weighted by Gasteiger charge is -2.32. The number of likely N-dealkylation sites (N-methyl/N-ethyl adjacent to an activating group) is 1. The van der Waals surface area contributed by atoms with Crippen molar-refractivity contribution in [1.82, 2.24) is 20.1 Å². The molecule has 6 heteroatoms. The van der Waals surface area contributed by atoms with E-state index in [-0.39, 0.29) is 0 Å². The van der Waals surface area contributed by atoms with Gasteiger partial charge in [0.1, 0.15) is 0 Å². The van der Waals surface area contributed by atoms with Gasteiger partial charge in [-0.3, -0.25) is 4.90 Å². The van der Waals surface area contributed by atoms with E-state index in [9.17, 15) is 0 Å². The van der Waals surface area contributed by atoms with Crippen LogP contribution < -0.4 is 10.2 Å². The molecule has 32 heavy (non-hydrogen) atoms. The summed E-state index contributed by atoms with van der Waals surface area (Å²) in [5.41, 5.74) is 7.21. The molecule has 2 N–H and O–H groups in total. The van der Waals surface area contributed by atoms with Crippen LogP contribution in [0.15, 0.2) is 67.0 Å². The predicted molar refractivity (Wildman–Crippen MR) is 132 cm³/mol. The number of fused-ring (bicyclic) bond motifs is 1. The summed E-state index contributed by atoms with van der Waals surface area (Å²) in [5.74, 6) is 0. The minimum absolute atomic E-state index is 0.688. The fraction of sp³-hybridized carbons (Fsp3) is 0.308. The summed E-state index contributed by atoms with van der Waals surface area (Å²) >= 11 is 6.36. The summed E-state index contributed by atoms with van der Waals surface area (Å²) in [5, 5.41) is 4.38. The molecule has 2 aliphatic heterocycles. The lowest BCUT2D eigenvalue weighted by atomic mass is 10.1. The molecular weight excluding hydrogens is 418 g/mol. The van der Waals surface area contributed by atoms with Crippen molar-refractivity contribution in [2.45, 2.75) is 19.6 Å². The van der Waals surface area contributed by atoms with Gasteiger partial charge in [0.25, 0.3) is 0 Å². The Kier molecular flexibility index (Phi) is 6.21. The van der Waals surface area contributed by atoms with Crippen LogP contribution in [0.5, 0.6) is 0 Å². The maximum atomic E-state index is 6.36. The van der Waals surface area contributed by atoms with Gasteiger partial charge in [0.15, 0.2) is 0 Å². The standard InChI is InChI=1S/C26H30ClN5/c1-30-12-14-31(15-13-30)17-20-6-8-22(9-7-20)32-18-25-23(10-11-28-25)26(19-32)29-16-21-4-2-3-5-24(21)27/h2-11,19,28-29H,12-18H2,1H3. The van der Waals surface area contributed by atoms with Gasteiger partial charge in [-0.1, -0.05) is 41.9 Å². The molecule has 5 rings (SSSR count). The highest BCUT2D eigenvalue weighted by molar-refractivity contribution is 6.31. The second-order valence-corrected chi connectivity index (χ2v) is 9.14. The third-order valence-corrected chi connectivity index (χ3v) is 6.80. The number of nitrogens with zero attached hydrogens (tertiary/aromatic N) is 3. The molecule has 3 aromatic rings. The number of H-pyrrole nitrogens is 1. The number of anilines is 1. The first kappa shape index (κ1) is 21.1. The molecule has 2 aromatic carbocycles. The molecule has 0 radical (unpaired) electrons. The largest absolute Gasteiger partial charge is 0.379 e. The third kappa shape index (κ3) is 4.70. The number of nitrogens with one attached hydrogen (secondary N) is 2. The van der Waals surface area contributed by atoms with Crippen LogP contribution in [0.3, 0.4) is 0 Å². The fourth-order valence-electron chi connectivity index (χ4n) is 4.42. The van der Waals surface area contributed by atoms with Crippen LogP contribution in [0.2, 0.25) is 5.02 Å². The number of hydrogen-bond acceptors (Lipinski definition) is 4. The van der Waals surface area contributed by atoms with E-state index in [2.05, 4.69) is 74.6 Å². The molecule has 0 amide bonds. The number of hydrogen-bond donors (Lipinski definition) is 2. The summed E-state index contributed by atoms with van der Waals surface area (Å²) in [6, 6.07) is 19.1. The molecule has 0 atom stereocenters. The van der Waals surface area contributed by atoms with Crippen molar-refractivity contribution in [2.24, 2.45) is 0 Å². The van der Waals surface area contributed by atoms with E-state index in [1.54, 1.807) is 0 Å². The van der Waals surface area contributed by atoms with Gasteiger partial charge < -0.3 is 20.1 Å². The first-order valence-electron chi connectivity index (χ1n) is 11.3. The van der Waals surface area contributed by atoms with E-state index in [0.717, 1.165) is 55.6 Å². The second-order valence-electron chi connectivity index (χ2n) is 8.73. The smallest absolute Gasteiger partial charge is 0.0634 e. The van der Waals surface area contributed by atoms with E-state index in [4.69, 9.17) is 11.6 Å². The van der Waals surface area contributed by atoms with E-state index in [0.29, 0.717) is 6.54 Å². The number of aromatic amines is 1. The van der Waals surface area contributed by atoms with Crippen LogP contribution in [-0.4, -0.2) is 48.0 Å². The average Bonchev–Trinajstić information content (AvgIpc) is 3.29. The number of piperazine rings is 1. The Morgan fingerprint density at radius 2 is 1.75 bits per heavy atom. The summed E-state index contributed by atoms with van der Waals surface area (Å²) in [6.45, 7) is 7.13. The van der Waals surface area contributed by atoms with Crippen LogP contribution in [0.25, 0.3) is 5.70 Å². The zero-order valence-electron chi connectivity index (χ0n) is 18.5. The van der Waals surface area contributed by atoms with Gasteiger partial charge in [0.05, 0.1) is 12.2 Å². The van der Waals surface area contributed by atoms with Crippen LogP contribution in [0.1, 0.15) is 22.4 Å². The van der Waals surface area contributed by atoms with Gasteiger partial charge in [-0.25, -0.2) is 0 Å². The van der Waals surface area contributed by atoms with Crippen molar-refractivity contribution in [2.75, 3.05) is 38.1 Å². The number of aromatic nitrogens is 1. The second kappa shape index (κ2) is 9.41. The molecule has 1 saturated heterocycles. The van der Waals surface area contributed by atoms with Crippen molar-refractivity contribution in [3.63, 3.8) is 0 Å². The Morgan fingerprint density at radius 1 is 0.969 bits per heavy atom. The lowest BCUT2D eigenvalue weighted by molar-refractivity contribution is 0.148. The monoisotopic (exact) mass is 447 g/mol. The van der Waals surface area contributed by atoms with Crippen LogP contribution in [0, 0.1) is 0 Å². The number of rotatable bonds is 6. The maximum Gasteiger partial charge on any atom is 0.0634 e. The predicted octanol–water partition coefficient (Wildman–Crippen LogP) is 4.52. The van der Waals surface area contributed by atoms with Crippen molar-refractivity contribution in [1.29, 1.82) is 0 Å². The molecule has 0 bridgehead atoms. The molecule has 2 aliphatic rings. The quantitative estimate of drug-likeness (QED) is 0.582. The molecule has 166 valence electrons. The highest BCUT2D eigenvalue weighted by Gasteiger charge is 2.20. The molecule has 0 aliphatic carbocycles. The minimum Gasteiger partial charge on any atom is -0.379 e. The van der Waals surface area contributed by atoms with E-state index in [1.807, 2.05) is 24.4 Å². The summed E-state index contributed by atoms with van der Waals surface area (Å²) in [6.07, 6.45) is 4.22. The van der Waals surface area contributed by atoms with Gasteiger partial charge in [-0.05, 0) is 42.4 Å². The molecule has 1 aromatic heterocycles. The summed E-state index contributed by atoms with van der Waals surface area (Å²) in [4.78, 5) is 10.6. The van der Waals surface area contributed by atoms with Crippen molar-refractivity contribution in [3.05, 3.63) is 94.4 Å². The summed E-state index contributed by atoms with van der Waals surface area (Å²) in [7, 11) is 2.20. The van der Waals surface area contributed by atoms with Gasteiger partial charge >= 0.3 is 0 Å². The zero-order chi connectivity index (χ0) is 21.9. The highest BCUT2D eigenvalue weighted by Crippen LogP contribution is 2.29. The molecule has 5 nitrogen and oxygen atoms in total. The van der Waals surface area contributed by atoms with E-state index in [1.165, 1.54) is 22.5 Å². The fourth-order valence-corrected chi connectivity index (χ4v) is 4.63. The van der Waals surface area contributed by atoms with Crippen LogP contribution in [-0.2, 0) is 19.6 Å². The number of halogens is 1. The van der Waals surface area contributed by atoms with Gasteiger partial charge in [0.2, 0.25) is 0 Å². The van der Waals surface area contributed by atoms with E-state index < -0.39 is 0 Å². The van der Waals surface area contributed by atoms with E-state index >= 15 is 0 Å². The molecule has 0 spiro atoms. The normalized spacial score (nSPS) is 17.2. The first-order valence-corrected chi connectivity index (χ1v) is 11.7.